The van der Waals surface area contributed by atoms with Gasteiger partial charge in [-0.2, -0.15) is 0 Å². The molecule has 0 fully saturated rings. The molecule has 0 radical (unpaired) electrons. The van der Waals surface area contributed by atoms with Gasteiger partial charge in [0.25, 0.3) is 0 Å². The summed E-state index contributed by atoms with van der Waals surface area (Å²) >= 11 is 0. The molecule has 6 heteroatoms. The van der Waals surface area contributed by atoms with Crippen LogP contribution >= 0.6 is 0 Å². The summed E-state index contributed by atoms with van der Waals surface area (Å²) in [5.41, 5.74) is 1.09. The minimum Gasteiger partial charge on any atom is -0.478 e. The molecule has 0 bridgehead atoms. The smallest absolute Gasteiger partial charge is 0.335 e. The number of nitrogens with one attached hydrogen (secondary N) is 1. The van der Waals surface area contributed by atoms with E-state index in [1.807, 2.05) is 0 Å². The number of carboxylic acids is 1. The minimum atomic E-state index is -0.980. The molecule has 0 unspecified atom stereocenters. The van der Waals surface area contributed by atoms with Gasteiger partial charge in [-0.3, -0.25) is 9.59 Å². The van der Waals surface area contributed by atoms with Gasteiger partial charge < -0.3 is 15.2 Å². The Morgan fingerprint density at radius 1 is 0.861 bits per heavy atom. The van der Waals surface area contributed by atoms with Crippen molar-refractivity contribution in [3.63, 3.8) is 0 Å². The lowest BCUT2D eigenvalue weighted by Gasteiger charge is -2.19. The van der Waals surface area contributed by atoms with Crippen LogP contribution in [0.15, 0.2) is 36.4 Å². The molecule has 0 spiro atoms. The van der Waals surface area contributed by atoms with E-state index < -0.39 is 11.9 Å². The number of hydrogen-bond acceptors (Lipinski definition) is 4. The van der Waals surface area contributed by atoms with Gasteiger partial charge in [-0.25, -0.2) is 4.79 Å². The first kappa shape index (κ1) is 31.4. The molecule has 0 heterocycles. The minimum absolute atomic E-state index is 0.0491. The Bertz CT molecular complexity index is 772. The Balaban J connectivity index is 2.18. The van der Waals surface area contributed by atoms with Crippen LogP contribution in [0.25, 0.3) is 0 Å². The number of benzene rings is 1. The second-order valence-electron chi connectivity index (χ2n) is 9.61. The molecule has 1 amide bonds. The van der Waals surface area contributed by atoms with E-state index in [1.54, 1.807) is 12.1 Å². The quantitative estimate of drug-likeness (QED) is 0.107. The molecule has 2 N–H and O–H groups in total. The zero-order valence-electron chi connectivity index (χ0n) is 22.4. The third-order valence-electron chi connectivity index (χ3n) is 6.20. The molecule has 1 rings (SSSR count). The zero-order valence-corrected chi connectivity index (χ0v) is 22.4. The molecule has 1 atom stereocenters. The van der Waals surface area contributed by atoms with E-state index >= 15 is 0 Å². The highest BCUT2D eigenvalue weighted by atomic mass is 16.5. The van der Waals surface area contributed by atoms with E-state index in [4.69, 9.17) is 9.84 Å². The molecule has 0 saturated carbocycles. The average molecular weight is 502 g/mol. The van der Waals surface area contributed by atoms with Crippen molar-refractivity contribution < 1.29 is 24.2 Å². The number of carboxylic acid groups (broad SMARTS) is 1. The third kappa shape index (κ3) is 16.9. The number of rotatable bonds is 21. The van der Waals surface area contributed by atoms with E-state index in [9.17, 15) is 14.4 Å². The van der Waals surface area contributed by atoms with Crippen LogP contribution in [0.1, 0.15) is 120 Å². The van der Waals surface area contributed by atoms with Gasteiger partial charge in [0.2, 0.25) is 5.91 Å². The van der Waals surface area contributed by atoms with Crippen LogP contribution in [0.4, 0.5) is 0 Å². The maximum absolute atomic E-state index is 12.4. The van der Waals surface area contributed by atoms with Gasteiger partial charge in [0.15, 0.2) is 0 Å². The van der Waals surface area contributed by atoms with E-state index in [2.05, 4.69) is 24.4 Å². The number of ether oxygens (including phenoxy) is 1. The largest absolute Gasteiger partial charge is 0.478 e. The lowest BCUT2D eigenvalue weighted by molar-refractivity contribution is -0.142. The van der Waals surface area contributed by atoms with Crippen LogP contribution in [0.2, 0.25) is 0 Å². The number of carbonyl (C=O) groups is 3. The predicted molar refractivity (Wildman–Crippen MR) is 145 cm³/mol. The predicted octanol–water partition coefficient (Wildman–Crippen LogP) is 7.01. The summed E-state index contributed by atoms with van der Waals surface area (Å²) in [6, 6.07) is 6.17. The Morgan fingerprint density at radius 2 is 1.42 bits per heavy atom. The topological polar surface area (TPSA) is 92.7 Å². The molecule has 0 aliphatic carbocycles. The second kappa shape index (κ2) is 20.6. The first-order valence-corrected chi connectivity index (χ1v) is 13.8. The van der Waals surface area contributed by atoms with Crippen molar-refractivity contribution in [1.82, 2.24) is 5.32 Å². The Kier molecular flexibility index (Phi) is 17.9. The Morgan fingerprint density at radius 3 is 1.97 bits per heavy atom. The lowest BCUT2D eigenvalue weighted by Crippen LogP contribution is -2.40. The summed E-state index contributed by atoms with van der Waals surface area (Å²) in [5, 5.41) is 12.0. The molecule has 36 heavy (non-hydrogen) atoms. The van der Waals surface area contributed by atoms with Gasteiger partial charge in [-0.15, -0.1) is 0 Å². The number of allylic oxidation sites excluding steroid dienone is 2. The van der Waals surface area contributed by atoms with Crippen molar-refractivity contribution in [1.29, 1.82) is 0 Å². The van der Waals surface area contributed by atoms with Crippen molar-refractivity contribution in [2.75, 3.05) is 6.61 Å². The standard InChI is InChI=1S/C30H47NO5/c1-3-4-5-6-7-8-9-10-11-12-13-14-15-16-17-18-29(33)31-28(24-36-25(2)32)23-26-19-21-27(22-20-26)30(34)35/h10-11,19-22,28H,3-9,12-18,23-24H2,1-2H3,(H,31,33)(H,34,35)/b11-10-/t28-/m0/s1. The van der Waals surface area contributed by atoms with E-state index in [0.29, 0.717) is 12.8 Å². The van der Waals surface area contributed by atoms with Gasteiger partial charge in [-0.05, 0) is 56.2 Å². The van der Waals surface area contributed by atoms with Crippen LogP contribution in [-0.2, 0) is 20.7 Å². The maximum Gasteiger partial charge on any atom is 0.335 e. The van der Waals surface area contributed by atoms with Crippen LogP contribution < -0.4 is 5.32 Å². The van der Waals surface area contributed by atoms with E-state index in [0.717, 1.165) is 31.2 Å². The van der Waals surface area contributed by atoms with Crippen LogP contribution in [0.3, 0.4) is 0 Å². The fraction of sp³-hybridized carbons (Fsp3) is 0.633. The summed E-state index contributed by atoms with van der Waals surface area (Å²) in [4.78, 5) is 34.7. The maximum atomic E-state index is 12.4. The van der Waals surface area contributed by atoms with Crippen molar-refractivity contribution in [3.05, 3.63) is 47.5 Å². The molecule has 0 aromatic heterocycles. The number of hydrogen-bond donors (Lipinski definition) is 2. The van der Waals surface area contributed by atoms with E-state index in [1.165, 1.54) is 76.8 Å². The molecule has 0 saturated heterocycles. The summed E-state index contributed by atoms with van der Waals surface area (Å²) in [6.07, 6.45) is 21.4. The van der Waals surface area contributed by atoms with Gasteiger partial charge in [-0.1, -0.05) is 82.6 Å². The van der Waals surface area contributed by atoms with Gasteiger partial charge in [0.05, 0.1) is 11.6 Å². The molecular weight excluding hydrogens is 454 g/mol. The zero-order chi connectivity index (χ0) is 26.4. The normalized spacial score (nSPS) is 11.9. The summed E-state index contributed by atoms with van der Waals surface area (Å²) < 4.78 is 5.12. The number of aromatic carboxylic acids is 1. The second-order valence-corrected chi connectivity index (χ2v) is 9.61. The molecule has 0 aliphatic rings. The SMILES string of the molecule is CCCCCCCC/C=C\CCCCCCCC(=O)N[C@H](COC(C)=O)Cc1ccc(C(=O)O)cc1. The molecule has 202 valence electrons. The first-order valence-electron chi connectivity index (χ1n) is 13.8. The number of amides is 1. The van der Waals surface area contributed by atoms with E-state index in [-0.39, 0.29) is 24.1 Å². The van der Waals surface area contributed by atoms with Gasteiger partial charge in [0, 0.05) is 13.3 Å². The number of esters is 1. The summed E-state index contributed by atoms with van der Waals surface area (Å²) in [7, 11) is 0. The highest BCUT2D eigenvalue weighted by Crippen LogP contribution is 2.11. The molecular formula is C30H47NO5. The Labute approximate surface area is 217 Å². The highest BCUT2D eigenvalue weighted by molar-refractivity contribution is 5.87. The van der Waals surface area contributed by atoms with Crippen LogP contribution in [0.5, 0.6) is 0 Å². The van der Waals surface area contributed by atoms with Gasteiger partial charge >= 0.3 is 11.9 Å². The van der Waals surface area contributed by atoms with Crippen molar-refractivity contribution in [3.8, 4) is 0 Å². The molecule has 0 aliphatic heterocycles. The van der Waals surface area contributed by atoms with Crippen molar-refractivity contribution >= 4 is 17.8 Å². The fourth-order valence-electron chi connectivity index (χ4n) is 4.09. The summed E-state index contributed by atoms with van der Waals surface area (Å²) in [6.45, 7) is 3.68. The lowest BCUT2D eigenvalue weighted by atomic mass is 10.0. The fourth-order valence-corrected chi connectivity index (χ4v) is 4.09. The molecule has 1 aromatic carbocycles. The molecule has 6 nitrogen and oxygen atoms in total. The Hall–Kier alpha value is -2.63. The molecule has 1 aromatic rings. The van der Waals surface area contributed by atoms with Crippen molar-refractivity contribution in [2.45, 2.75) is 116 Å². The summed E-state index contributed by atoms with van der Waals surface area (Å²) in [5.74, 6) is -1.43. The van der Waals surface area contributed by atoms with Gasteiger partial charge in [0.1, 0.15) is 6.61 Å². The first-order chi connectivity index (χ1) is 17.4. The highest BCUT2D eigenvalue weighted by Gasteiger charge is 2.15. The third-order valence-corrected chi connectivity index (χ3v) is 6.20. The monoisotopic (exact) mass is 501 g/mol. The van der Waals surface area contributed by atoms with Crippen LogP contribution in [0, 0.1) is 0 Å². The average Bonchev–Trinajstić information content (AvgIpc) is 2.85. The number of carbonyl (C=O) groups excluding carboxylic acids is 2. The van der Waals surface area contributed by atoms with Crippen LogP contribution in [-0.4, -0.2) is 35.6 Å². The number of unbranched alkanes of at least 4 members (excludes halogenated alkanes) is 11. The van der Waals surface area contributed by atoms with Crippen molar-refractivity contribution in [2.24, 2.45) is 0 Å².